The van der Waals surface area contributed by atoms with Crippen molar-refractivity contribution in [3.63, 3.8) is 0 Å². The van der Waals surface area contributed by atoms with Crippen LogP contribution in [0.5, 0.6) is 0 Å². The summed E-state index contributed by atoms with van der Waals surface area (Å²) in [6.45, 7) is 0. The van der Waals surface area contributed by atoms with Crippen LogP contribution in [0.4, 0.5) is 0 Å². The second-order valence-corrected chi connectivity index (χ2v) is 4.70. The van der Waals surface area contributed by atoms with Gasteiger partial charge in [0.2, 0.25) is 5.71 Å². The van der Waals surface area contributed by atoms with E-state index in [9.17, 15) is 0 Å². The summed E-state index contributed by atoms with van der Waals surface area (Å²) >= 11 is 6.09. The fraction of sp³-hybridized carbons (Fsp3) is 0. The minimum absolute atomic E-state index is 0.658. The van der Waals surface area contributed by atoms with Gasteiger partial charge in [0, 0.05) is 22.0 Å². The smallest absolute Gasteiger partial charge is 0.227 e. The number of furan rings is 1. The molecule has 0 amide bonds. The van der Waals surface area contributed by atoms with Gasteiger partial charge in [0.05, 0.1) is 5.39 Å². The molecule has 0 saturated heterocycles. The van der Waals surface area contributed by atoms with Crippen molar-refractivity contribution in [1.82, 2.24) is 4.98 Å². The lowest BCUT2D eigenvalue weighted by atomic mass is 10.1. The van der Waals surface area contributed by atoms with E-state index in [-0.39, 0.29) is 0 Å². The van der Waals surface area contributed by atoms with E-state index >= 15 is 0 Å². The van der Waals surface area contributed by atoms with Crippen LogP contribution in [0, 0.1) is 0 Å². The summed E-state index contributed by atoms with van der Waals surface area (Å²) in [5.74, 6) is 0. The number of hydrogen-bond donors (Lipinski definition) is 0. The predicted molar refractivity (Wildman–Crippen MR) is 74.0 cm³/mol. The molecule has 0 aliphatic carbocycles. The van der Waals surface area contributed by atoms with Crippen molar-refractivity contribution >= 4 is 44.4 Å². The third-order valence-corrected chi connectivity index (χ3v) is 3.42. The predicted octanol–water partition coefficient (Wildman–Crippen LogP) is 4.79. The van der Waals surface area contributed by atoms with Crippen LogP contribution in [0.2, 0.25) is 5.02 Å². The Hall–Kier alpha value is -2.06. The molecule has 0 atom stereocenters. The van der Waals surface area contributed by atoms with E-state index in [0.29, 0.717) is 5.71 Å². The van der Waals surface area contributed by atoms with E-state index in [1.165, 1.54) is 0 Å². The Morgan fingerprint density at radius 3 is 2.83 bits per heavy atom. The fourth-order valence-corrected chi connectivity index (χ4v) is 2.54. The average Bonchev–Trinajstić information content (AvgIpc) is 2.77. The molecule has 4 rings (SSSR count). The Labute approximate surface area is 108 Å². The Kier molecular flexibility index (Phi) is 1.91. The van der Waals surface area contributed by atoms with E-state index in [1.807, 2.05) is 48.7 Å². The molecule has 0 fully saturated rings. The minimum atomic E-state index is 0.658. The van der Waals surface area contributed by atoms with E-state index < -0.39 is 0 Å². The van der Waals surface area contributed by atoms with Crippen molar-refractivity contribution in [2.24, 2.45) is 0 Å². The standard InChI is InChI=1S/C15H8ClNO/c16-10-6-5-9-8-17-15-14(12(9)7-10)11-3-1-2-4-13(11)18-15/h1-8H. The van der Waals surface area contributed by atoms with Crippen LogP contribution in [0.15, 0.2) is 53.1 Å². The zero-order valence-electron chi connectivity index (χ0n) is 9.35. The van der Waals surface area contributed by atoms with Crippen molar-refractivity contribution in [2.45, 2.75) is 0 Å². The molecule has 0 saturated carbocycles. The number of rotatable bonds is 0. The van der Waals surface area contributed by atoms with Gasteiger partial charge in [-0.25, -0.2) is 4.98 Å². The largest absolute Gasteiger partial charge is 0.438 e. The zero-order valence-corrected chi connectivity index (χ0v) is 10.1. The second kappa shape index (κ2) is 3.47. The summed E-state index contributed by atoms with van der Waals surface area (Å²) < 4.78 is 5.75. The SMILES string of the molecule is Clc1ccc2cnc3oc4ccccc4c3c2c1. The molecular weight excluding hydrogens is 246 g/mol. The first-order valence-electron chi connectivity index (χ1n) is 5.68. The van der Waals surface area contributed by atoms with Crippen LogP contribution in [0.1, 0.15) is 0 Å². The molecule has 2 aromatic carbocycles. The van der Waals surface area contributed by atoms with E-state index in [1.54, 1.807) is 0 Å². The molecule has 0 spiro atoms. The van der Waals surface area contributed by atoms with Crippen LogP contribution < -0.4 is 0 Å². The first-order chi connectivity index (χ1) is 8.83. The highest BCUT2D eigenvalue weighted by Crippen LogP contribution is 2.33. The number of fused-ring (bicyclic) bond motifs is 5. The van der Waals surface area contributed by atoms with Crippen molar-refractivity contribution in [1.29, 1.82) is 0 Å². The van der Waals surface area contributed by atoms with Crippen LogP contribution in [0.3, 0.4) is 0 Å². The van der Waals surface area contributed by atoms with Gasteiger partial charge in [0.25, 0.3) is 0 Å². The lowest BCUT2D eigenvalue weighted by Gasteiger charge is -1.99. The number of benzene rings is 2. The molecule has 0 aliphatic heterocycles. The maximum Gasteiger partial charge on any atom is 0.227 e. The molecule has 2 aromatic heterocycles. The lowest BCUT2D eigenvalue weighted by Crippen LogP contribution is -1.78. The second-order valence-electron chi connectivity index (χ2n) is 4.27. The lowest BCUT2D eigenvalue weighted by molar-refractivity contribution is 0.654. The van der Waals surface area contributed by atoms with E-state index in [0.717, 1.165) is 32.2 Å². The normalized spacial score (nSPS) is 11.6. The zero-order chi connectivity index (χ0) is 12.1. The van der Waals surface area contributed by atoms with Crippen molar-refractivity contribution in [3.05, 3.63) is 53.7 Å². The van der Waals surface area contributed by atoms with Crippen LogP contribution in [-0.4, -0.2) is 4.98 Å². The maximum atomic E-state index is 6.09. The maximum absolute atomic E-state index is 6.09. The molecule has 0 bridgehead atoms. The van der Waals surface area contributed by atoms with Gasteiger partial charge in [0.15, 0.2) is 0 Å². The number of nitrogens with zero attached hydrogens (tertiary/aromatic N) is 1. The minimum Gasteiger partial charge on any atom is -0.438 e. The Balaban J connectivity index is 2.35. The summed E-state index contributed by atoms with van der Waals surface area (Å²) in [6, 6.07) is 13.8. The first-order valence-corrected chi connectivity index (χ1v) is 6.06. The summed E-state index contributed by atoms with van der Waals surface area (Å²) in [5, 5.41) is 4.98. The molecule has 4 aromatic rings. The van der Waals surface area contributed by atoms with Crippen LogP contribution in [-0.2, 0) is 0 Å². The Morgan fingerprint density at radius 1 is 1.00 bits per heavy atom. The Morgan fingerprint density at radius 2 is 1.89 bits per heavy atom. The molecule has 0 radical (unpaired) electrons. The molecule has 86 valence electrons. The number of hydrogen-bond acceptors (Lipinski definition) is 2. The average molecular weight is 254 g/mol. The van der Waals surface area contributed by atoms with Gasteiger partial charge in [-0.1, -0.05) is 35.9 Å². The summed E-state index contributed by atoms with van der Waals surface area (Å²) in [5.41, 5.74) is 1.51. The van der Waals surface area contributed by atoms with Gasteiger partial charge in [-0.15, -0.1) is 0 Å². The number of pyridine rings is 1. The highest BCUT2D eigenvalue weighted by atomic mass is 35.5. The van der Waals surface area contributed by atoms with Crippen molar-refractivity contribution in [2.75, 3.05) is 0 Å². The molecule has 3 heteroatoms. The topological polar surface area (TPSA) is 26.0 Å². The van der Waals surface area contributed by atoms with E-state index in [4.69, 9.17) is 16.0 Å². The monoisotopic (exact) mass is 253 g/mol. The van der Waals surface area contributed by atoms with Gasteiger partial charge in [-0.3, -0.25) is 0 Å². The number of aromatic nitrogens is 1. The first kappa shape index (κ1) is 9.92. The molecule has 2 heterocycles. The van der Waals surface area contributed by atoms with Gasteiger partial charge in [0.1, 0.15) is 5.58 Å². The van der Waals surface area contributed by atoms with Crippen LogP contribution >= 0.6 is 11.6 Å². The van der Waals surface area contributed by atoms with Gasteiger partial charge >= 0.3 is 0 Å². The van der Waals surface area contributed by atoms with Gasteiger partial charge in [-0.05, 0) is 23.6 Å². The highest BCUT2D eigenvalue weighted by molar-refractivity contribution is 6.32. The molecule has 0 unspecified atom stereocenters. The van der Waals surface area contributed by atoms with Crippen molar-refractivity contribution < 1.29 is 4.42 Å². The molecule has 2 nitrogen and oxygen atoms in total. The summed E-state index contributed by atoms with van der Waals surface area (Å²) in [6.07, 6.45) is 1.82. The molecule has 0 N–H and O–H groups in total. The number of halogens is 1. The van der Waals surface area contributed by atoms with Gasteiger partial charge < -0.3 is 4.42 Å². The third kappa shape index (κ3) is 1.27. The molecule has 0 aliphatic rings. The summed E-state index contributed by atoms with van der Waals surface area (Å²) in [7, 11) is 0. The van der Waals surface area contributed by atoms with Crippen molar-refractivity contribution in [3.8, 4) is 0 Å². The molecule has 18 heavy (non-hydrogen) atoms. The highest BCUT2D eigenvalue weighted by Gasteiger charge is 2.11. The van der Waals surface area contributed by atoms with E-state index in [2.05, 4.69) is 4.98 Å². The number of para-hydroxylation sites is 1. The van der Waals surface area contributed by atoms with Crippen LogP contribution in [0.25, 0.3) is 32.8 Å². The third-order valence-electron chi connectivity index (χ3n) is 3.18. The molecular formula is C15H8ClNO. The Bertz CT molecular complexity index is 895. The fourth-order valence-electron chi connectivity index (χ4n) is 2.37. The van der Waals surface area contributed by atoms with Gasteiger partial charge in [-0.2, -0.15) is 0 Å². The summed E-state index contributed by atoms with van der Waals surface area (Å²) in [4.78, 5) is 4.37. The quantitative estimate of drug-likeness (QED) is 0.450.